The number of benzene rings is 1. The molecule has 6 heteroatoms. The third kappa shape index (κ3) is 6.38. The predicted octanol–water partition coefficient (Wildman–Crippen LogP) is 2.69. The summed E-state index contributed by atoms with van der Waals surface area (Å²) >= 11 is 0. The molecule has 1 aliphatic heterocycles. The summed E-state index contributed by atoms with van der Waals surface area (Å²) in [6.45, 7) is 7.95. The van der Waals surface area contributed by atoms with Crippen LogP contribution < -0.4 is 10.1 Å². The number of nitrogens with zero attached hydrogens (tertiary/aromatic N) is 1. The first-order valence-corrected chi connectivity index (χ1v) is 8.93. The quantitative estimate of drug-likeness (QED) is 0.768. The third-order valence-corrected chi connectivity index (χ3v) is 4.06. The van der Waals surface area contributed by atoms with E-state index >= 15 is 0 Å². The molecule has 1 amide bonds. The number of piperidine rings is 1. The molecular weight excluding hydrogens is 320 g/mol. The molecule has 1 saturated heterocycles. The van der Waals surface area contributed by atoms with Crippen LogP contribution in [0.5, 0.6) is 5.75 Å². The van der Waals surface area contributed by atoms with Crippen molar-refractivity contribution in [1.29, 1.82) is 0 Å². The Morgan fingerprint density at radius 2 is 2.00 bits per heavy atom. The molecule has 1 aromatic rings. The molecule has 1 aliphatic rings. The fourth-order valence-corrected chi connectivity index (χ4v) is 2.91. The highest BCUT2D eigenvalue weighted by atomic mass is 16.5. The maximum Gasteiger partial charge on any atom is 0.309 e. The van der Waals surface area contributed by atoms with Crippen molar-refractivity contribution in [2.75, 3.05) is 31.6 Å². The summed E-state index contributed by atoms with van der Waals surface area (Å²) in [4.78, 5) is 26.1. The van der Waals surface area contributed by atoms with Crippen LogP contribution in [0.1, 0.15) is 33.6 Å². The molecule has 0 bridgehead atoms. The lowest BCUT2D eigenvalue weighted by Crippen LogP contribution is -2.41. The normalized spacial score (nSPS) is 15.8. The van der Waals surface area contributed by atoms with Crippen molar-refractivity contribution in [3.05, 3.63) is 24.3 Å². The second-order valence-corrected chi connectivity index (χ2v) is 6.55. The molecule has 1 N–H and O–H groups in total. The second-order valence-electron chi connectivity index (χ2n) is 6.55. The summed E-state index contributed by atoms with van der Waals surface area (Å²) in [6, 6.07) is 7.40. The Balaban J connectivity index is 1.79. The van der Waals surface area contributed by atoms with Crippen LogP contribution in [0.4, 0.5) is 5.69 Å². The molecule has 1 aromatic carbocycles. The Labute approximate surface area is 149 Å². The van der Waals surface area contributed by atoms with Gasteiger partial charge in [0.05, 0.1) is 25.2 Å². The van der Waals surface area contributed by atoms with Crippen LogP contribution in [0.3, 0.4) is 0 Å². The third-order valence-electron chi connectivity index (χ3n) is 4.06. The van der Waals surface area contributed by atoms with Crippen molar-refractivity contribution in [2.45, 2.75) is 39.7 Å². The highest BCUT2D eigenvalue weighted by Crippen LogP contribution is 2.20. The molecular formula is C19H28N2O4. The standard InChI is InChI=1S/C19H28N2O4/c1-4-24-19(23)15-8-10-21(11-9-15)13-18(22)20-16-6-5-7-17(12-16)25-14(2)3/h5-7,12,14-15H,4,8-11,13H2,1-3H3,(H,20,22). The minimum absolute atomic E-state index is 0.0378. The lowest BCUT2D eigenvalue weighted by molar-refractivity contribution is -0.149. The molecule has 0 unspecified atom stereocenters. The zero-order valence-electron chi connectivity index (χ0n) is 15.3. The maximum absolute atomic E-state index is 12.2. The van der Waals surface area contributed by atoms with E-state index in [1.807, 2.05) is 45.0 Å². The zero-order valence-corrected chi connectivity index (χ0v) is 15.3. The number of likely N-dealkylation sites (tertiary alicyclic amines) is 1. The highest BCUT2D eigenvalue weighted by Gasteiger charge is 2.26. The van der Waals surface area contributed by atoms with Gasteiger partial charge in [0.1, 0.15) is 5.75 Å². The van der Waals surface area contributed by atoms with E-state index in [2.05, 4.69) is 10.2 Å². The van der Waals surface area contributed by atoms with Gasteiger partial charge in [-0.3, -0.25) is 14.5 Å². The Hall–Kier alpha value is -2.08. The molecule has 2 rings (SSSR count). The minimum Gasteiger partial charge on any atom is -0.491 e. The van der Waals surface area contributed by atoms with Gasteiger partial charge in [0.15, 0.2) is 0 Å². The van der Waals surface area contributed by atoms with E-state index < -0.39 is 0 Å². The summed E-state index contributed by atoms with van der Waals surface area (Å²) < 4.78 is 10.7. The fraction of sp³-hybridized carbons (Fsp3) is 0.579. The molecule has 0 spiro atoms. The average molecular weight is 348 g/mol. The van der Waals surface area contributed by atoms with Crippen molar-refractivity contribution < 1.29 is 19.1 Å². The van der Waals surface area contributed by atoms with E-state index in [1.165, 1.54) is 0 Å². The number of hydrogen-bond acceptors (Lipinski definition) is 5. The SMILES string of the molecule is CCOC(=O)C1CCN(CC(=O)Nc2cccc(OC(C)C)c2)CC1. The molecule has 0 radical (unpaired) electrons. The number of hydrogen-bond donors (Lipinski definition) is 1. The molecule has 0 aliphatic carbocycles. The van der Waals surface area contributed by atoms with E-state index in [-0.39, 0.29) is 23.9 Å². The Morgan fingerprint density at radius 1 is 1.28 bits per heavy atom. The lowest BCUT2D eigenvalue weighted by Gasteiger charge is -2.30. The zero-order chi connectivity index (χ0) is 18.2. The van der Waals surface area contributed by atoms with Crippen LogP contribution in [0.15, 0.2) is 24.3 Å². The number of anilines is 1. The van der Waals surface area contributed by atoms with Gasteiger partial charge >= 0.3 is 5.97 Å². The van der Waals surface area contributed by atoms with Gasteiger partial charge in [-0.05, 0) is 58.8 Å². The van der Waals surface area contributed by atoms with Crippen LogP contribution in [0, 0.1) is 5.92 Å². The largest absolute Gasteiger partial charge is 0.491 e. The smallest absolute Gasteiger partial charge is 0.309 e. The molecule has 0 saturated carbocycles. The monoisotopic (exact) mass is 348 g/mol. The Bertz CT molecular complexity index is 581. The molecule has 0 aromatic heterocycles. The van der Waals surface area contributed by atoms with Crippen molar-refractivity contribution in [3.63, 3.8) is 0 Å². The number of carbonyl (C=O) groups is 2. The fourth-order valence-electron chi connectivity index (χ4n) is 2.91. The predicted molar refractivity (Wildman–Crippen MR) is 96.6 cm³/mol. The Morgan fingerprint density at radius 3 is 2.64 bits per heavy atom. The van der Waals surface area contributed by atoms with Gasteiger partial charge in [-0.1, -0.05) is 6.07 Å². The Kier molecular flexibility index (Phi) is 7.25. The van der Waals surface area contributed by atoms with Crippen LogP contribution in [0.25, 0.3) is 0 Å². The minimum atomic E-state index is -0.117. The van der Waals surface area contributed by atoms with E-state index in [1.54, 1.807) is 0 Å². The highest BCUT2D eigenvalue weighted by molar-refractivity contribution is 5.92. The van der Waals surface area contributed by atoms with E-state index in [0.29, 0.717) is 13.2 Å². The van der Waals surface area contributed by atoms with Crippen LogP contribution in [0.2, 0.25) is 0 Å². The summed E-state index contributed by atoms with van der Waals surface area (Å²) in [5.74, 6) is 0.525. The number of nitrogens with one attached hydrogen (secondary N) is 1. The number of ether oxygens (including phenoxy) is 2. The first kappa shape index (κ1) is 19.2. The van der Waals surface area contributed by atoms with Crippen LogP contribution in [-0.4, -0.2) is 49.1 Å². The van der Waals surface area contributed by atoms with E-state index in [0.717, 1.165) is 37.4 Å². The molecule has 0 atom stereocenters. The van der Waals surface area contributed by atoms with Crippen LogP contribution >= 0.6 is 0 Å². The van der Waals surface area contributed by atoms with Crippen molar-refractivity contribution >= 4 is 17.6 Å². The molecule has 1 fully saturated rings. The van der Waals surface area contributed by atoms with Gasteiger partial charge in [0.25, 0.3) is 0 Å². The number of amides is 1. The lowest BCUT2D eigenvalue weighted by atomic mass is 9.97. The number of esters is 1. The second kappa shape index (κ2) is 9.42. The molecule has 1 heterocycles. The van der Waals surface area contributed by atoms with Crippen molar-refractivity contribution in [1.82, 2.24) is 4.90 Å². The molecule has 138 valence electrons. The van der Waals surface area contributed by atoms with Gasteiger partial charge in [-0.25, -0.2) is 0 Å². The summed E-state index contributed by atoms with van der Waals surface area (Å²) in [7, 11) is 0. The topological polar surface area (TPSA) is 67.9 Å². The first-order chi connectivity index (χ1) is 12.0. The molecule has 25 heavy (non-hydrogen) atoms. The van der Waals surface area contributed by atoms with Gasteiger partial charge in [-0.15, -0.1) is 0 Å². The average Bonchev–Trinajstić information content (AvgIpc) is 2.55. The van der Waals surface area contributed by atoms with E-state index in [4.69, 9.17) is 9.47 Å². The van der Waals surface area contributed by atoms with E-state index in [9.17, 15) is 9.59 Å². The number of rotatable bonds is 7. The van der Waals surface area contributed by atoms with Crippen molar-refractivity contribution in [3.8, 4) is 5.75 Å². The summed E-state index contributed by atoms with van der Waals surface area (Å²) in [5, 5.41) is 2.90. The first-order valence-electron chi connectivity index (χ1n) is 8.93. The summed E-state index contributed by atoms with van der Waals surface area (Å²) in [5.41, 5.74) is 0.726. The molecule has 6 nitrogen and oxygen atoms in total. The summed E-state index contributed by atoms with van der Waals surface area (Å²) in [6.07, 6.45) is 1.57. The van der Waals surface area contributed by atoms with Gasteiger partial charge in [0, 0.05) is 11.8 Å². The van der Waals surface area contributed by atoms with Gasteiger partial charge in [0.2, 0.25) is 5.91 Å². The van der Waals surface area contributed by atoms with Crippen LogP contribution in [-0.2, 0) is 14.3 Å². The van der Waals surface area contributed by atoms with Gasteiger partial charge in [-0.2, -0.15) is 0 Å². The maximum atomic E-state index is 12.2. The van der Waals surface area contributed by atoms with Crippen molar-refractivity contribution in [2.24, 2.45) is 5.92 Å². The number of carbonyl (C=O) groups excluding carboxylic acids is 2. The van der Waals surface area contributed by atoms with Gasteiger partial charge < -0.3 is 14.8 Å².